The first-order valence-electron chi connectivity index (χ1n) is 7.22. The van der Waals surface area contributed by atoms with Gasteiger partial charge in [-0.25, -0.2) is 4.98 Å². The Morgan fingerprint density at radius 2 is 1.83 bits per heavy atom. The number of aromatic nitrogens is 1. The van der Waals surface area contributed by atoms with Crippen molar-refractivity contribution in [3.63, 3.8) is 0 Å². The molecule has 116 valence electrons. The second-order valence-corrected chi connectivity index (χ2v) is 5.80. The highest BCUT2D eigenvalue weighted by atomic mass is 32.1. The molecule has 0 radical (unpaired) electrons. The largest absolute Gasteiger partial charge is 0.497 e. The van der Waals surface area contributed by atoms with Crippen molar-refractivity contribution >= 4 is 22.2 Å². The van der Waals surface area contributed by atoms with E-state index in [0.29, 0.717) is 0 Å². The molecule has 0 fully saturated rings. The minimum Gasteiger partial charge on any atom is -0.497 e. The van der Waals surface area contributed by atoms with Crippen LogP contribution < -0.4 is 10.2 Å². The van der Waals surface area contributed by atoms with Crippen LogP contribution >= 0.6 is 11.3 Å². The molecule has 1 aromatic heterocycles. The number of methoxy groups -OCH3 is 1. The summed E-state index contributed by atoms with van der Waals surface area (Å²) in [5.74, 6) is 0.838. The second-order valence-electron chi connectivity index (χ2n) is 4.94. The summed E-state index contributed by atoms with van der Waals surface area (Å²) >= 11 is 1.53. The normalized spacial score (nSPS) is 11.3. The highest BCUT2D eigenvalue weighted by molar-refractivity contribution is 7.14. The first-order chi connectivity index (χ1) is 11.3. The highest BCUT2D eigenvalue weighted by Crippen LogP contribution is 2.26. The van der Waals surface area contributed by atoms with Gasteiger partial charge in [0.05, 0.1) is 18.5 Å². The molecule has 0 saturated heterocycles. The summed E-state index contributed by atoms with van der Waals surface area (Å²) < 4.78 is 5.17. The van der Waals surface area contributed by atoms with Gasteiger partial charge in [-0.05, 0) is 36.8 Å². The third-order valence-electron chi connectivity index (χ3n) is 3.40. The Morgan fingerprint density at radius 1 is 1.09 bits per heavy atom. The molecule has 2 aromatic carbocycles. The predicted octanol–water partition coefficient (Wildman–Crippen LogP) is 4.65. The van der Waals surface area contributed by atoms with Crippen LogP contribution in [0, 0.1) is 0 Å². The number of benzene rings is 2. The molecule has 0 saturated carbocycles. The molecule has 23 heavy (non-hydrogen) atoms. The average Bonchev–Trinajstić information content (AvgIpc) is 3.09. The second kappa shape index (κ2) is 7.07. The van der Waals surface area contributed by atoms with E-state index < -0.39 is 0 Å². The molecule has 3 aromatic rings. The molecule has 1 heterocycles. The molecule has 0 aliphatic carbocycles. The zero-order valence-corrected chi connectivity index (χ0v) is 13.8. The van der Waals surface area contributed by atoms with Crippen molar-refractivity contribution in [1.29, 1.82) is 0 Å². The highest BCUT2D eigenvalue weighted by Gasteiger charge is 2.04. The smallest absolute Gasteiger partial charge is 0.203 e. The lowest BCUT2D eigenvalue weighted by atomic mass is 10.1. The van der Waals surface area contributed by atoms with Crippen molar-refractivity contribution in [3.8, 4) is 17.0 Å². The number of rotatable bonds is 5. The zero-order chi connectivity index (χ0) is 16.1. The maximum atomic E-state index is 5.17. The first kappa shape index (κ1) is 15.2. The Bertz CT molecular complexity index is 795. The fraction of sp³-hybridized carbons (Fsp3) is 0.111. The van der Waals surface area contributed by atoms with E-state index >= 15 is 0 Å². The van der Waals surface area contributed by atoms with Gasteiger partial charge in [-0.1, -0.05) is 30.3 Å². The predicted molar refractivity (Wildman–Crippen MR) is 96.4 cm³/mol. The number of anilines is 1. The minimum absolute atomic E-state index is 0.770. The lowest BCUT2D eigenvalue weighted by molar-refractivity contribution is 0.415. The average molecular weight is 323 g/mol. The van der Waals surface area contributed by atoms with E-state index in [1.807, 2.05) is 66.9 Å². The van der Waals surface area contributed by atoms with Crippen LogP contribution in [0.2, 0.25) is 0 Å². The lowest BCUT2D eigenvalue weighted by Crippen LogP contribution is -1.99. The standard InChI is InChI=1S/C18H17N3OS/c1-13(14-6-4-3-5-7-14)20-21-18-19-17(12-23-18)15-8-10-16(22-2)11-9-15/h3-12H,1-2H3,(H,19,21)/b20-13-. The van der Waals surface area contributed by atoms with Gasteiger partial charge in [-0.15, -0.1) is 11.3 Å². The van der Waals surface area contributed by atoms with Gasteiger partial charge in [0.25, 0.3) is 0 Å². The van der Waals surface area contributed by atoms with E-state index in [9.17, 15) is 0 Å². The van der Waals surface area contributed by atoms with Gasteiger partial charge >= 0.3 is 0 Å². The van der Waals surface area contributed by atoms with Gasteiger partial charge < -0.3 is 4.74 Å². The third-order valence-corrected chi connectivity index (χ3v) is 4.15. The Balaban J connectivity index is 1.72. The molecule has 0 atom stereocenters. The molecule has 3 rings (SSSR count). The summed E-state index contributed by atoms with van der Waals surface area (Å²) in [4.78, 5) is 4.56. The molecule has 0 spiro atoms. The maximum absolute atomic E-state index is 5.17. The number of thiazole rings is 1. The van der Waals surface area contributed by atoms with Crippen LogP contribution in [0.5, 0.6) is 5.75 Å². The van der Waals surface area contributed by atoms with Crippen molar-refractivity contribution in [2.24, 2.45) is 5.10 Å². The number of nitrogens with one attached hydrogen (secondary N) is 1. The molecule has 0 bridgehead atoms. The summed E-state index contributed by atoms with van der Waals surface area (Å²) in [5.41, 5.74) is 7.02. The minimum atomic E-state index is 0.770. The van der Waals surface area contributed by atoms with Crippen molar-refractivity contribution < 1.29 is 4.74 Å². The number of ether oxygens (including phenoxy) is 1. The van der Waals surface area contributed by atoms with E-state index in [0.717, 1.165) is 33.4 Å². The molecule has 1 N–H and O–H groups in total. The Kier molecular flexibility index (Phi) is 4.68. The first-order valence-corrected chi connectivity index (χ1v) is 8.10. The van der Waals surface area contributed by atoms with Gasteiger partial charge in [0, 0.05) is 10.9 Å². The van der Waals surface area contributed by atoms with E-state index in [-0.39, 0.29) is 0 Å². The summed E-state index contributed by atoms with van der Waals surface area (Å²) in [6, 6.07) is 17.9. The summed E-state index contributed by atoms with van der Waals surface area (Å²) in [5, 5.41) is 7.17. The van der Waals surface area contributed by atoms with Crippen molar-refractivity contribution in [3.05, 3.63) is 65.5 Å². The number of hydrogen-bond acceptors (Lipinski definition) is 5. The Morgan fingerprint density at radius 3 is 2.52 bits per heavy atom. The van der Waals surface area contributed by atoms with Crippen molar-refractivity contribution in [2.45, 2.75) is 6.92 Å². The van der Waals surface area contributed by atoms with E-state index in [2.05, 4.69) is 15.5 Å². The molecular weight excluding hydrogens is 306 g/mol. The zero-order valence-electron chi connectivity index (χ0n) is 13.0. The van der Waals surface area contributed by atoms with E-state index in [4.69, 9.17) is 4.74 Å². The summed E-state index contributed by atoms with van der Waals surface area (Å²) in [6.07, 6.45) is 0. The van der Waals surface area contributed by atoms with Gasteiger partial charge in [0.15, 0.2) is 0 Å². The topological polar surface area (TPSA) is 46.5 Å². The van der Waals surface area contributed by atoms with Crippen LogP contribution in [0.1, 0.15) is 12.5 Å². The van der Waals surface area contributed by atoms with Crippen LogP contribution in [-0.4, -0.2) is 17.8 Å². The fourth-order valence-electron chi connectivity index (χ4n) is 2.10. The number of hydrogen-bond donors (Lipinski definition) is 1. The van der Waals surface area contributed by atoms with Gasteiger partial charge in [-0.3, -0.25) is 5.43 Å². The third kappa shape index (κ3) is 3.76. The molecule has 0 unspecified atom stereocenters. The van der Waals surface area contributed by atoms with Crippen LogP contribution in [0.25, 0.3) is 11.3 Å². The maximum Gasteiger partial charge on any atom is 0.203 e. The monoisotopic (exact) mass is 323 g/mol. The van der Waals surface area contributed by atoms with Crippen molar-refractivity contribution in [1.82, 2.24) is 4.98 Å². The molecule has 0 amide bonds. The van der Waals surface area contributed by atoms with Crippen LogP contribution in [-0.2, 0) is 0 Å². The molecule has 5 heteroatoms. The molecule has 4 nitrogen and oxygen atoms in total. The van der Waals surface area contributed by atoms with Gasteiger partial charge in [0.1, 0.15) is 5.75 Å². The van der Waals surface area contributed by atoms with Crippen LogP contribution in [0.15, 0.2) is 65.1 Å². The molecular formula is C18H17N3OS. The summed E-state index contributed by atoms with van der Waals surface area (Å²) in [6.45, 7) is 1.97. The van der Waals surface area contributed by atoms with E-state index in [1.54, 1.807) is 7.11 Å². The lowest BCUT2D eigenvalue weighted by Gasteiger charge is -2.01. The Labute approximate surface area is 139 Å². The molecule has 0 aliphatic rings. The SMILES string of the molecule is COc1ccc(-c2csc(N/N=C(/C)c3ccccc3)n2)cc1. The van der Waals surface area contributed by atoms with Crippen molar-refractivity contribution in [2.75, 3.05) is 12.5 Å². The number of hydrazone groups is 1. The van der Waals surface area contributed by atoms with Crippen LogP contribution in [0.4, 0.5) is 5.13 Å². The van der Waals surface area contributed by atoms with Gasteiger partial charge in [0.2, 0.25) is 5.13 Å². The molecule has 0 aliphatic heterocycles. The Hall–Kier alpha value is -2.66. The quantitative estimate of drug-likeness (QED) is 0.549. The van der Waals surface area contributed by atoms with E-state index in [1.165, 1.54) is 11.3 Å². The summed E-state index contributed by atoms with van der Waals surface area (Å²) in [7, 11) is 1.66. The fourth-order valence-corrected chi connectivity index (χ4v) is 2.76. The van der Waals surface area contributed by atoms with Crippen LogP contribution in [0.3, 0.4) is 0 Å². The van der Waals surface area contributed by atoms with Gasteiger partial charge in [-0.2, -0.15) is 5.10 Å². The number of nitrogens with zero attached hydrogens (tertiary/aromatic N) is 2.